The van der Waals surface area contributed by atoms with Crippen LogP contribution in [0.1, 0.15) is 10.8 Å². The number of para-hydroxylation sites is 1. The number of halogens is 1. The van der Waals surface area contributed by atoms with Gasteiger partial charge in [0.1, 0.15) is 10.8 Å². The molecule has 1 N–H and O–H groups in total. The predicted molar refractivity (Wildman–Crippen MR) is 122 cm³/mol. The predicted octanol–water partition coefficient (Wildman–Crippen LogP) is 3.61. The van der Waals surface area contributed by atoms with E-state index in [-0.39, 0.29) is 6.61 Å². The number of thiazole rings is 1. The third kappa shape index (κ3) is 4.08. The molecule has 156 valence electrons. The first-order valence-corrected chi connectivity index (χ1v) is 11.4. The average molecular weight is 442 g/mol. The fourth-order valence-corrected chi connectivity index (χ4v) is 5.28. The number of aromatic nitrogens is 3. The number of imidazole rings is 1. The number of aliphatic hydroxyl groups excluding tert-OH is 1. The highest BCUT2D eigenvalue weighted by atomic mass is 35.5. The highest BCUT2D eigenvalue weighted by molar-refractivity contribution is 7.18. The Labute approximate surface area is 184 Å². The van der Waals surface area contributed by atoms with Crippen LogP contribution in [0.2, 0.25) is 5.02 Å². The lowest BCUT2D eigenvalue weighted by molar-refractivity contribution is 0.118. The molecule has 2 aromatic heterocycles. The summed E-state index contributed by atoms with van der Waals surface area (Å²) in [5, 5.41) is 11.4. The molecule has 0 bridgehead atoms. The van der Waals surface area contributed by atoms with Crippen molar-refractivity contribution in [2.24, 2.45) is 0 Å². The lowest BCUT2D eigenvalue weighted by Crippen LogP contribution is -2.45. The summed E-state index contributed by atoms with van der Waals surface area (Å²) in [6.45, 7) is 6.33. The van der Waals surface area contributed by atoms with Gasteiger partial charge in [0.15, 0.2) is 0 Å². The molecule has 0 saturated carbocycles. The number of nitrogens with zero attached hydrogens (tertiary/aromatic N) is 5. The monoisotopic (exact) mass is 441 g/mol. The molecule has 0 radical (unpaired) electrons. The second kappa shape index (κ2) is 8.61. The van der Waals surface area contributed by atoms with Gasteiger partial charge < -0.3 is 9.67 Å². The summed E-state index contributed by atoms with van der Waals surface area (Å²) < 4.78 is 3.35. The Balaban J connectivity index is 1.24. The van der Waals surface area contributed by atoms with Crippen LogP contribution < -0.4 is 0 Å². The maximum atomic E-state index is 9.52. The number of aliphatic hydroxyl groups is 1. The van der Waals surface area contributed by atoms with E-state index in [1.165, 1.54) is 9.71 Å². The van der Waals surface area contributed by atoms with Gasteiger partial charge in [-0.3, -0.25) is 9.80 Å². The van der Waals surface area contributed by atoms with Gasteiger partial charge in [0, 0.05) is 37.7 Å². The quantitative estimate of drug-likeness (QED) is 0.495. The molecule has 0 unspecified atom stereocenters. The van der Waals surface area contributed by atoms with Crippen molar-refractivity contribution in [1.29, 1.82) is 0 Å². The van der Waals surface area contributed by atoms with Crippen molar-refractivity contribution in [2.45, 2.75) is 19.6 Å². The van der Waals surface area contributed by atoms with Crippen LogP contribution in [0.25, 0.3) is 21.3 Å². The summed E-state index contributed by atoms with van der Waals surface area (Å²) in [5.41, 5.74) is 3.01. The minimum absolute atomic E-state index is 0.0842. The van der Waals surface area contributed by atoms with Crippen molar-refractivity contribution in [3.63, 3.8) is 0 Å². The molecule has 1 aliphatic heterocycles. The first-order chi connectivity index (χ1) is 14.7. The van der Waals surface area contributed by atoms with E-state index in [9.17, 15) is 5.11 Å². The van der Waals surface area contributed by atoms with Crippen molar-refractivity contribution < 1.29 is 5.11 Å². The molecule has 4 aromatic rings. The Hall–Kier alpha value is -2.03. The molecule has 3 heterocycles. The molecule has 0 aliphatic carbocycles. The highest BCUT2D eigenvalue weighted by Crippen LogP contribution is 2.24. The Morgan fingerprint density at radius 2 is 1.70 bits per heavy atom. The smallest absolute Gasteiger partial charge is 0.124 e. The summed E-state index contributed by atoms with van der Waals surface area (Å²) in [6.07, 6.45) is 0. The van der Waals surface area contributed by atoms with Crippen LogP contribution >= 0.6 is 22.9 Å². The number of rotatable bonds is 6. The van der Waals surface area contributed by atoms with Crippen LogP contribution in [0, 0.1) is 0 Å². The second-order valence-electron chi connectivity index (χ2n) is 7.66. The van der Waals surface area contributed by atoms with Crippen LogP contribution in [0.3, 0.4) is 0 Å². The zero-order valence-electron chi connectivity index (χ0n) is 16.7. The molecule has 0 atom stereocenters. The minimum Gasteiger partial charge on any atom is -0.395 e. The molecule has 30 heavy (non-hydrogen) atoms. The van der Waals surface area contributed by atoms with Crippen molar-refractivity contribution in [3.05, 3.63) is 58.3 Å². The molecule has 5 rings (SSSR count). The largest absolute Gasteiger partial charge is 0.395 e. The summed E-state index contributed by atoms with van der Waals surface area (Å²) in [7, 11) is 0. The van der Waals surface area contributed by atoms with E-state index in [2.05, 4.69) is 32.6 Å². The Morgan fingerprint density at radius 3 is 2.47 bits per heavy atom. The lowest BCUT2D eigenvalue weighted by atomic mass is 10.3. The maximum absolute atomic E-state index is 9.52. The molecular formula is C22H24ClN5OS. The summed E-state index contributed by atoms with van der Waals surface area (Å²) >= 11 is 7.97. The third-order valence-corrected chi connectivity index (χ3v) is 6.90. The molecule has 8 heteroatoms. The highest BCUT2D eigenvalue weighted by Gasteiger charge is 2.21. The molecule has 1 saturated heterocycles. The summed E-state index contributed by atoms with van der Waals surface area (Å²) in [4.78, 5) is 14.5. The van der Waals surface area contributed by atoms with E-state index >= 15 is 0 Å². The fourth-order valence-electron chi connectivity index (χ4n) is 4.10. The Morgan fingerprint density at radius 1 is 0.933 bits per heavy atom. The fraction of sp³-hybridized carbons (Fsp3) is 0.364. The first-order valence-electron chi connectivity index (χ1n) is 10.2. The Kier molecular flexibility index (Phi) is 5.71. The van der Waals surface area contributed by atoms with Gasteiger partial charge in [-0.2, -0.15) is 0 Å². The normalized spacial score (nSPS) is 16.1. The van der Waals surface area contributed by atoms with Gasteiger partial charge in [0.05, 0.1) is 40.9 Å². The van der Waals surface area contributed by atoms with Gasteiger partial charge in [0.2, 0.25) is 0 Å². The van der Waals surface area contributed by atoms with Crippen molar-refractivity contribution in [1.82, 2.24) is 24.3 Å². The standard InChI is InChI=1S/C22H24ClN5OS/c23-16-5-6-17-19(13-16)28(11-12-29)21(24-17)14-26-7-9-27(10-8-26)15-22-25-18-3-1-2-4-20(18)30-22/h1-6,13,29H,7-12,14-15H2. The van der Waals surface area contributed by atoms with Crippen molar-refractivity contribution >= 4 is 44.2 Å². The van der Waals surface area contributed by atoms with Gasteiger partial charge in [-0.25, -0.2) is 9.97 Å². The van der Waals surface area contributed by atoms with Crippen LogP contribution in [0.4, 0.5) is 0 Å². The summed E-state index contributed by atoms with van der Waals surface area (Å²) in [6, 6.07) is 14.1. The first kappa shape index (κ1) is 19.9. The van der Waals surface area contributed by atoms with Gasteiger partial charge >= 0.3 is 0 Å². The van der Waals surface area contributed by atoms with Crippen LogP contribution in [0.15, 0.2) is 42.5 Å². The topological polar surface area (TPSA) is 57.4 Å². The van der Waals surface area contributed by atoms with Gasteiger partial charge in [-0.1, -0.05) is 23.7 Å². The van der Waals surface area contributed by atoms with Crippen LogP contribution in [0.5, 0.6) is 0 Å². The number of fused-ring (bicyclic) bond motifs is 2. The minimum atomic E-state index is 0.0842. The Bertz CT molecular complexity index is 1130. The van der Waals surface area contributed by atoms with Gasteiger partial charge in [0.25, 0.3) is 0 Å². The van der Waals surface area contributed by atoms with Gasteiger partial charge in [-0.15, -0.1) is 11.3 Å². The van der Waals surface area contributed by atoms with E-state index in [4.69, 9.17) is 21.6 Å². The third-order valence-electron chi connectivity index (χ3n) is 5.64. The van der Waals surface area contributed by atoms with E-state index < -0.39 is 0 Å². The molecule has 0 amide bonds. The lowest BCUT2D eigenvalue weighted by Gasteiger charge is -2.34. The SMILES string of the molecule is OCCn1c(CN2CCN(Cc3nc4ccccc4s3)CC2)nc2ccc(Cl)cc21. The number of hydrogen-bond acceptors (Lipinski definition) is 6. The molecule has 6 nitrogen and oxygen atoms in total. The maximum Gasteiger partial charge on any atom is 0.124 e. The summed E-state index contributed by atoms with van der Waals surface area (Å²) in [5.74, 6) is 0.987. The second-order valence-corrected chi connectivity index (χ2v) is 9.22. The molecule has 0 spiro atoms. The van der Waals surface area contributed by atoms with Crippen LogP contribution in [-0.2, 0) is 19.6 Å². The van der Waals surface area contributed by atoms with Crippen molar-refractivity contribution in [3.8, 4) is 0 Å². The van der Waals surface area contributed by atoms with Crippen molar-refractivity contribution in [2.75, 3.05) is 32.8 Å². The zero-order valence-corrected chi connectivity index (χ0v) is 18.2. The zero-order chi connectivity index (χ0) is 20.5. The number of hydrogen-bond donors (Lipinski definition) is 1. The van der Waals surface area contributed by atoms with E-state index in [1.807, 2.05) is 24.3 Å². The molecule has 2 aromatic carbocycles. The van der Waals surface area contributed by atoms with E-state index in [0.717, 1.165) is 61.6 Å². The average Bonchev–Trinajstić information content (AvgIpc) is 3.30. The van der Waals surface area contributed by atoms with Gasteiger partial charge in [-0.05, 0) is 30.3 Å². The molecule has 1 aliphatic rings. The van der Waals surface area contributed by atoms with E-state index in [1.54, 1.807) is 11.3 Å². The number of benzene rings is 2. The number of piperazine rings is 1. The van der Waals surface area contributed by atoms with E-state index in [0.29, 0.717) is 11.6 Å². The molecule has 1 fully saturated rings. The molecular weight excluding hydrogens is 418 g/mol. The van der Waals surface area contributed by atoms with Crippen LogP contribution in [-0.4, -0.2) is 62.2 Å².